The summed E-state index contributed by atoms with van der Waals surface area (Å²) in [6, 6.07) is 17.9. The van der Waals surface area contributed by atoms with E-state index in [-0.39, 0.29) is 12.1 Å². The fourth-order valence-corrected chi connectivity index (χ4v) is 3.79. The molecule has 1 aliphatic rings. The van der Waals surface area contributed by atoms with Gasteiger partial charge in [0.15, 0.2) is 0 Å². The number of hydrogen-bond donors (Lipinski definition) is 1. The van der Waals surface area contributed by atoms with Crippen molar-refractivity contribution >= 4 is 22.9 Å². The Morgan fingerprint density at radius 1 is 1.12 bits per heavy atom. The van der Waals surface area contributed by atoms with Gasteiger partial charge in [-0.2, -0.15) is 0 Å². The predicted molar refractivity (Wildman–Crippen MR) is 101 cm³/mol. The number of anilines is 1. The molecule has 4 rings (SSSR count). The standard InChI is InChI=1S/C20H19N3OS/c1-14-21-18(13-25-14)19-22-17-10-6-5-9-16(17)20(24)23(19)12-11-15-7-3-2-4-8-15/h2-10,13,19,22H,11-12H2,1H3/t19-/m0/s1. The Kier molecular flexibility index (Phi) is 4.24. The van der Waals surface area contributed by atoms with Gasteiger partial charge in [0.1, 0.15) is 6.17 Å². The van der Waals surface area contributed by atoms with Crippen LogP contribution in [0.15, 0.2) is 60.0 Å². The van der Waals surface area contributed by atoms with Gasteiger partial charge in [-0.15, -0.1) is 11.3 Å². The van der Waals surface area contributed by atoms with Gasteiger partial charge in [0.25, 0.3) is 5.91 Å². The quantitative estimate of drug-likeness (QED) is 0.765. The maximum Gasteiger partial charge on any atom is 0.257 e. The van der Waals surface area contributed by atoms with Gasteiger partial charge in [0.05, 0.1) is 16.3 Å². The third-order valence-electron chi connectivity index (χ3n) is 4.42. The van der Waals surface area contributed by atoms with E-state index >= 15 is 0 Å². The maximum atomic E-state index is 13.1. The Bertz CT molecular complexity index is 891. The number of hydrogen-bond acceptors (Lipinski definition) is 4. The van der Waals surface area contributed by atoms with E-state index in [2.05, 4.69) is 22.4 Å². The molecule has 25 heavy (non-hydrogen) atoms. The van der Waals surface area contributed by atoms with Crippen molar-refractivity contribution in [2.45, 2.75) is 19.5 Å². The van der Waals surface area contributed by atoms with Crippen LogP contribution >= 0.6 is 11.3 Å². The normalized spacial score (nSPS) is 16.4. The Balaban J connectivity index is 1.66. The largest absolute Gasteiger partial charge is 0.359 e. The van der Waals surface area contributed by atoms with Crippen LogP contribution in [0.5, 0.6) is 0 Å². The summed E-state index contributed by atoms with van der Waals surface area (Å²) in [5.41, 5.74) is 3.72. The minimum absolute atomic E-state index is 0.0564. The number of amides is 1. The minimum Gasteiger partial charge on any atom is -0.359 e. The van der Waals surface area contributed by atoms with Crippen LogP contribution in [0.3, 0.4) is 0 Å². The third-order valence-corrected chi connectivity index (χ3v) is 5.22. The molecule has 0 unspecified atom stereocenters. The van der Waals surface area contributed by atoms with E-state index in [0.717, 1.165) is 28.4 Å². The maximum absolute atomic E-state index is 13.1. The Morgan fingerprint density at radius 3 is 2.64 bits per heavy atom. The molecule has 0 bridgehead atoms. The predicted octanol–water partition coefficient (Wildman–Crippen LogP) is 4.26. The second-order valence-electron chi connectivity index (χ2n) is 6.12. The lowest BCUT2D eigenvalue weighted by atomic mass is 10.1. The number of thiazole rings is 1. The van der Waals surface area contributed by atoms with Gasteiger partial charge in [-0.3, -0.25) is 4.79 Å². The molecule has 1 aliphatic heterocycles. The average Bonchev–Trinajstić information content (AvgIpc) is 3.08. The third kappa shape index (κ3) is 3.15. The Morgan fingerprint density at radius 2 is 1.88 bits per heavy atom. The van der Waals surface area contributed by atoms with Gasteiger partial charge < -0.3 is 10.2 Å². The van der Waals surface area contributed by atoms with Crippen molar-refractivity contribution in [3.8, 4) is 0 Å². The first-order chi connectivity index (χ1) is 12.2. The van der Waals surface area contributed by atoms with E-state index in [1.165, 1.54) is 5.56 Å². The van der Waals surface area contributed by atoms with E-state index in [1.54, 1.807) is 11.3 Å². The van der Waals surface area contributed by atoms with E-state index in [1.807, 2.05) is 59.7 Å². The molecular weight excluding hydrogens is 330 g/mol. The molecule has 1 atom stereocenters. The van der Waals surface area contributed by atoms with Crippen LogP contribution in [0.2, 0.25) is 0 Å². The molecule has 0 saturated heterocycles. The lowest BCUT2D eigenvalue weighted by molar-refractivity contribution is 0.0682. The topological polar surface area (TPSA) is 45.2 Å². The molecule has 5 heteroatoms. The first-order valence-electron chi connectivity index (χ1n) is 8.35. The van der Waals surface area contributed by atoms with Crippen molar-refractivity contribution < 1.29 is 4.79 Å². The SMILES string of the molecule is Cc1nc([C@H]2Nc3ccccc3C(=O)N2CCc2ccccc2)cs1. The molecule has 1 aromatic heterocycles. The van der Waals surface area contributed by atoms with E-state index in [4.69, 9.17) is 0 Å². The summed E-state index contributed by atoms with van der Waals surface area (Å²) in [5, 5.41) is 6.53. The smallest absolute Gasteiger partial charge is 0.257 e. The van der Waals surface area contributed by atoms with Crippen molar-refractivity contribution in [3.05, 3.63) is 81.8 Å². The van der Waals surface area contributed by atoms with Crippen LogP contribution in [-0.4, -0.2) is 22.3 Å². The summed E-state index contributed by atoms with van der Waals surface area (Å²) >= 11 is 1.61. The van der Waals surface area contributed by atoms with Gasteiger partial charge in [0, 0.05) is 17.6 Å². The first kappa shape index (κ1) is 15.8. The summed E-state index contributed by atoms with van der Waals surface area (Å²) in [4.78, 5) is 19.6. The number of aryl methyl sites for hydroxylation is 1. The van der Waals surface area contributed by atoms with Crippen molar-refractivity contribution in [2.75, 3.05) is 11.9 Å². The van der Waals surface area contributed by atoms with Crippen LogP contribution < -0.4 is 5.32 Å². The number of nitrogens with one attached hydrogen (secondary N) is 1. The molecule has 0 spiro atoms. The molecule has 0 radical (unpaired) electrons. The number of fused-ring (bicyclic) bond motifs is 1. The minimum atomic E-state index is -0.226. The number of rotatable bonds is 4. The monoisotopic (exact) mass is 349 g/mol. The fraction of sp³-hybridized carbons (Fsp3) is 0.200. The highest BCUT2D eigenvalue weighted by molar-refractivity contribution is 7.09. The second-order valence-corrected chi connectivity index (χ2v) is 7.18. The highest BCUT2D eigenvalue weighted by Crippen LogP contribution is 2.33. The zero-order valence-corrected chi connectivity index (χ0v) is 14.8. The number of carbonyl (C=O) groups excluding carboxylic acids is 1. The highest BCUT2D eigenvalue weighted by atomic mass is 32.1. The molecule has 4 nitrogen and oxygen atoms in total. The zero-order valence-electron chi connectivity index (χ0n) is 14.0. The van der Waals surface area contributed by atoms with Crippen molar-refractivity contribution in [2.24, 2.45) is 0 Å². The molecule has 0 aliphatic carbocycles. The molecule has 3 aromatic rings. The fourth-order valence-electron chi connectivity index (χ4n) is 3.16. The van der Waals surface area contributed by atoms with Crippen LogP contribution in [-0.2, 0) is 6.42 Å². The van der Waals surface area contributed by atoms with E-state index in [0.29, 0.717) is 6.54 Å². The second kappa shape index (κ2) is 6.69. The van der Waals surface area contributed by atoms with Crippen molar-refractivity contribution in [1.29, 1.82) is 0 Å². The summed E-state index contributed by atoms with van der Waals surface area (Å²) in [5.74, 6) is 0.0564. The van der Waals surface area contributed by atoms with Crippen LogP contribution in [0.4, 0.5) is 5.69 Å². The van der Waals surface area contributed by atoms with Gasteiger partial charge in [-0.25, -0.2) is 4.98 Å². The van der Waals surface area contributed by atoms with Crippen LogP contribution in [0, 0.1) is 6.92 Å². The molecule has 1 amide bonds. The van der Waals surface area contributed by atoms with Gasteiger partial charge in [-0.1, -0.05) is 42.5 Å². The number of benzene rings is 2. The number of carbonyl (C=O) groups is 1. The first-order valence-corrected chi connectivity index (χ1v) is 9.23. The number of para-hydroxylation sites is 1. The zero-order chi connectivity index (χ0) is 17.2. The van der Waals surface area contributed by atoms with E-state index < -0.39 is 0 Å². The number of aromatic nitrogens is 1. The van der Waals surface area contributed by atoms with E-state index in [9.17, 15) is 4.79 Å². The molecule has 2 aromatic carbocycles. The summed E-state index contributed by atoms with van der Waals surface area (Å²) < 4.78 is 0. The molecule has 126 valence electrons. The van der Waals surface area contributed by atoms with Gasteiger partial charge in [0.2, 0.25) is 0 Å². The summed E-state index contributed by atoms with van der Waals surface area (Å²) in [6.07, 6.45) is 0.590. The van der Waals surface area contributed by atoms with Gasteiger partial charge in [-0.05, 0) is 31.0 Å². The lowest BCUT2D eigenvalue weighted by Gasteiger charge is -2.37. The van der Waals surface area contributed by atoms with Crippen molar-refractivity contribution in [3.63, 3.8) is 0 Å². The van der Waals surface area contributed by atoms with Crippen LogP contribution in [0.1, 0.15) is 32.8 Å². The van der Waals surface area contributed by atoms with Crippen molar-refractivity contribution in [1.82, 2.24) is 9.88 Å². The molecular formula is C20H19N3OS. The van der Waals surface area contributed by atoms with Crippen LogP contribution in [0.25, 0.3) is 0 Å². The molecule has 2 heterocycles. The molecule has 0 fully saturated rings. The number of nitrogens with zero attached hydrogens (tertiary/aromatic N) is 2. The summed E-state index contributed by atoms with van der Waals surface area (Å²) in [7, 11) is 0. The molecule has 0 saturated carbocycles. The Labute approximate surface area is 151 Å². The average molecular weight is 349 g/mol. The summed E-state index contributed by atoms with van der Waals surface area (Å²) in [6.45, 7) is 2.63. The lowest BCUT2D eigenvalue weighted by Crippen LogP contribution is -2.44. The van der Waals surface area contributed by atoms with Gasteiger partial charge >= 0.3 is 0 Å². The molecule has 1 N–H and O–H groups in total. The Hall–Kier alpha value is -2.66. The highest BCUT2D eigenvalue weighted by Gasteiger charge is 2.33.